The smallest absolute Gasteiger partial charge is 0.128 e. The monoisotopic (exact) mass is 341 g/mol. The average Bonchev–Trinajstić information content (AvgIpc) is 2.60. The normalized spacial score (nSPS) is 23.2. The summed E-state index contributed by atoms with van der Waals surface area (Å²) < 4.78 is 11.7. The zero-order valence-electron chi connectivity index (χ0n) is 14.6. The lowest BCUT2D eigenvalue weighted by molar-refractivity contribution is 0.133. The molecule has 24 heavy (non-hydrogen) atoms. The minimum absolute atomic E-state index is 0.0233. The molecule has 126 valence electrons. The Hall–Kier alpha value is -1.81. The van der Waals surface area contributed by atoms with Gasteiger partial charge in [0.25, 0.3) is 0 Å². The highest BCUT2D eigenvalue weighted by Crippen LogP contribution is 2.54. The lowest BCUT2D eigenvalue weighted by Crippen LogP contribution is -2.46. The van der Waals surface area contributed by atoms with Crippen molar-refractivity contribution in [1.82, 2.24) is 0 Å². The molecule has 0 bridgehead atoms. The highest BCUT2D eigenvalue weighted by atomic mass is 32.2. The number of nitrogens with one attached hydrogen (secondary N) is 1. The summed E-state index contributed by atoms with van der Waals surface area (Å²) in [7, 11) is 1.73. The number of rotatable bonds is 2. The van der Waals surface area contributed by atoms with Crippen LogP contribution in [-0.4, -0.2) is 20.0 Å². The van der Waals surface area contributed by atoms with E-state index in [0.29, 0.717) is 12.5 Å². The summed E-state index contributed by atoms with van der Waals surface area (Å²) in [5, 5.41) is 3.77. The van der Waals surface area contributed by atoms with Crippen LogP contribution in [0.15, 0.2) is 41.3 Å². The predicted molar refractivity (Wildman–Crippen MR) is 99.6 cm³/mol. The third-order valence-electron chi connectivity index (χ3n) is 5.54. The van der Waals surface area contributed by atoms with E-state index in [9.17, 15) is 0 Å². The second-order valence-electron chi connectivity index (χ2n) is 7.04. The second-order valence-corrected chi connectivity index (χ2v) is 7.92. The van der Waals surface area contributed by atoms with Gasteiger partial charge >= 0.3 is 0 Å². The average molecular weight is 341 g/mol. The van der Waals surface area contributed by atoms with Gasteiger partial charge in [0.05, 0.1) is 25.3 Å². The summed E-state index contributed by atoms with van der Waals surface area (Å²) in [6.07, 6.45) is 2.12. The van der Waals surface area contributed by atoms with Crippen LogP contribution < -0.4 is 14.8 Å². The molecule has 4 rings (SSSR count). The summed E-state index contributed by atoms with van der Waals surface area (Å²) in [5.41, 5.74) is 3.76. The molecule has 0 aliphatic carbocycles. The zero-order valence-corrected chi connectivity index (χ0v) is 15.4. The van der Waals surface area contributed by atoms with Crippen LogP contribution in [0.1, 0.15) is 31.0 Å². The van der Waals surface area contributed by atoms with Crippen LogP contribution in [0.5, 0.6) is 11.5 Å². The highest BCUT2D eigenvalue weighted by molar-refractivity contribution is 7.98. The molecule has 2 unspecified atom stereocenters. The third-order valence-corrected chi connectivity index (χ3v) is 6.26. The van der Waals surface area contributed by atoms with Crippen molar-refractivity contribution in [3.05, 3.63) is 47.5 Å². The van der Waals surface area contributed by atoms with Crippen LogP contribution in [0.25, 0.3) is 0 Å². The van der Waals surface area contributed by atoms with Crippen molar-refractivity contribution in [1.29, 1.82) is 0 Å². The first-order chi connectivity index (χ1) is 11.6. The van der Waals surface area contributed by atoms with Gasteiger partial charge in [0, 0.05) is 21.9 Å². The molecule has 2 aliphatic heterocycles. The first-order valence-electron chi connectivity index (χ1n) is 8.31. The highest BCUT2D eigenvalue weighted by Gasteiger charge is 2.47. The van der Waals surface area contributed by atoms with Crippen LogP contribution in [-0.2, 0) is 5.41 Å². The number of ether oxygens (including phenoxy) is 2. The lowest BCUT2D eigenvalue weighted by Gasteiger charge is -2.48. The molecule has 4 heteroatoms. The van der Waals surface area contributed by atoms with Crippen molar-refractivity contribution in [2.75, 3.05) is 25.3 Å². The third kappa shape index (κ3) is 2.20. The van der Waals surface area contributed by atoms with E-state index in [1.165, 1.54) is 16.1 Å². The van der Waals surface area contributed by atoms with Gasteiger partial charge in [0.15, 0.2) is 0 Å². The molecular formula is C20H23NO2S. The van der Waals surface area contributed by atoms with Gasteiger partial charge < -0.3 is 14.8 Å². The zero-order chi connectivity index (χ0) is 16.9. The molecule has 2 aromatic rings. The molecule has 0 saturated heterocycles. The molecule has 0 saturated carbocycles. The Morgan fingerprint density at radius 2 is 2.08 bits per heavy atom. The number of benzene rings is 2. The molecule has 2 aromatic carbocycles. The van der Waals surface area contributed by atoms with Gasteiger partial charge in [-0.25, -0.2) is 0 Å². The maximum Gasteiger partial charge on any atom is 0.128 e. The lowest BCUT2D eigenvalue weighted by atomic mass is 9.65. The van der Waals surface area contributed by atoms with E-state index in [1.807, 2.05) is 18.2 Å². The van der Waals surface area contributed by atoms with Gasteiger partial charge in [0.1, 0.15) is 11.5 Å². The molecule has 0 aromatic heterocycles. The van der Waals surface area contributed by atoms with Crippen LogP contribution in [0.2, 0.25) is 0 Å². The van der Waals surface area contributed by atoms with Crippen molar-refractivity contribution in [2.24, 2.45) is 5.92 Å². The van der Waals surface area contributed by atoms with Crippen molar-refractivity contribution >= 4 is 17.4 Å². The van der Waals surface area contributed by atoms with E-state index < -0.39 is 0 Å². The largest absolute Gasteiger partial charge is 0.496 e. The summed E-state index contributed by atoms with van der Waals surface area (Å²) in [6, 6.07) is 13.0. The number of hydrogen-bond acceptors (Lipinski definition) is 4. The maximum atomic E-state index is 6.12. The van der Waals surface area contributed by atoms with Gasteiger partial charge in [-0.15, -0.1) is 11.8 Å². The first-order valence-corrected chi connectivity index (χ1v) is 9.53. The number of hydrogen-bond donors (Lipinski definition) is 1. The fourth-order valence-corrected chi connectivity index (χ4v) is 4.53. The number of methoxy groups -OCH3 is 1. The molecule has 2 heterocycles. The van der Waals surface area contributed by atoms with Gasteiger partial charge in [-0.3, -0.25) is 0 Å². The second kappa shape index (κ2) is 5.62. The Bertz CT molecular complexity index is 773. The predicted octanol–water partition coefficient (Wildman–Crippen LogP) is 4.87. The molecule has 0 spiro atoms. The number of fused-ring (bicyclic) bond motifs is 4. The molecule has 1 N–H and O–H groups in total. The Kier molecular flexibility index (Phi) is 3.68. The van der Waals surface area contributed by atoms with E-state index in [-0.39, 0.29) is 11.5 Å². The van der Waals surface area contributed by atoms with E-state index in [2.05, 4.69) is 43.6 Å². The topological polar surface area (TPSA) is 30.5 Å². The van der Waals surface area contributed by atoms with Crippen molar-refractivity contribution in [2.45, 2.75) is 30.2 Å². The van der Waals surface area contributed by atoms with E-state index in [0.717, 1.165) is 17.1 Å². The van der Waals surface area contributed by atoms with Gasteiger partial charge in [0.2, 0.25) is 0 Å². The SMILES string of the molecule is COc1cccc2c1C1Nc3ccc(SC)cc3C(C)(C)C1CO2. The quantitative estimate of drug-likeness (QED) is 0.790. The van der Waals surface area contributed by atoms with Crippen LogP contribution in [0.4, 0.5) is 5.69 Å². The summed E-state index contributed by atoms with van der Waals surface area (Å²) in [4.78, 5) is 1.30. The standard InChI is InChI=1S/C20H23NO2S/c1-20(2)13-10-12(24-4)8-9-15(13)21-19-14(20)11-23-17-7-5-6-16(22-3)18(17)19/h5-10,14,19,21H,11H2,1-4H3. The fraction of sp³-hybridized carbons (Fsp3) is 0.400. The van der Waals surface area contributed by atoms with Crippen molar-refractivity contribution in [3.63, 3.8) is 0 Å². The molecule has 3 nitrogen and oxygen atoms in total. The Labute approximate surface area is 147 Å². The van der Waals surface area contributed by atoms with Gasteiger partial charge in [-0.2, -0.15) is 0 Å². The molecule has 0 fully saturated rings. The molecule has 2 atom stereocenters. The van der Waals surface area contributed by atoms with E-state index in [1.54, 1.807) is 18.9 Å². The minimum Gasteiger partial charge on any atom is -0.496 e. The van der Waals surface area contributed by atoms with E-state index >= 15 is 0 Å². The van der Waals surface area contributed by atoms with Gasteiger partial charge in [-0.05, 0) is 42.2 Å². The summed E-state index contributed by atoms with van der Waals surface area (Å²) in [6.45, 7) is 5.38. The number of anilines is 1. The van der Waals surface area contributed by atoms with Gasteiger partial charge in [-0.1, -0.05) is 19.9 Å². The number of thioether (sulfide) groups is 1. The van der Waals surface area contributed by atoms with E-state index in [4.69, 9.17) is 9.47 Å². The van der Waals surface area contributed by atoms with Crippen LogP contribution in [0.3, 0.4) is 0 Å². The maximum absolute atomic E-state index is 6.12. The minimum atomic E-state index is 0.0233. The molecule has 0 amide bonds. The van der Waals surface area contributed by atoms with Crippen LogP contribution >= 0.6 is 11.8 Å². The summed E-state index contributed by atoms with van der Waals surface area (Å²) >= 11 is 1.79. The Morgan fingerprint density at radius 3 is 2.83 bits per heavy atom. The fourth-order valence-electron chi connectivity index (χ4n) is 4.09. The molecular weight excluding hydrogens is 318 g/mol. The summed E-state index contributed by atoms with van der Waals surface area (Å²) in [5.74, 6) is 2.18. The van der Waals surface area contributed by atoms with Crippen LogP contribution in [0, 0.1) is 5.92 Å². The van der Waals surface area contributed by atoms with Crippen molar-refractivity contribution < 1.29 is 9.47 Å². The Balaban J connectivity index is 1.87. The Morgan fingerprint density at radius 1 is 1.25 bits per heavy atom. The molecule has 0 radical (unpaired) electrons. The van der Waals surface area contributed by atoms with Crippen molar-refractivity contribution in [3.8, 4) is 11.5 Å². The first kappa shape index (κ1) is 15.7. The molecule has 2 aliphatic rings.